The van der Waals surface area contributed by atoms with Crippen LogP contribution in [0.1, 0.15) is 47.6 Å². The molecule has 0 radical (unpaired) electrons. The van der Waals surface area contributed by atoms with Gasteiger partial charge in [-0.1, -0.05) is 0 Å². The Morgan fingerprint density at radius 2 is 1.97 bits per heavy atom. The number of hydrogen-bond acceptors (Lipinski definition) is 5. The zero-order valence-electron chi connectivity index (χ0n) is 19.5. The van der Waals surface area contributed by atoms with Gasteiger partial charge in [-0.2, -0.15) is 5.10 Å². The van der Waals surface area contributed by atoms with Crippen molar-refractivity contribution in [3.63, 3.8) is 0 Å². The molecule has 8 nitrogen and oxygen atoms in total. The summed E-state index contributed by atoms with van der Waals surface area (Å²) in [7, 11) is 0. The number of hydrogen-bond donors (Lipinski definition) is 1. The third kappa shape index (κ3) is 4.34. The van der Waals surface area contributed by atoms with Crippen LogP contribution >= 0.6 is 0 Å². The van der Waals surface area contributed by atoms with Gasteiger partial charge < -0.3 is 19.4 Å². The van der Waals surface area contributed by atoms with Crippen molar-refractivity contribution in [2.45, 2.75) is 38.6 Å². The van der Waals surface area contributed by atoms with Gasteiger partial charge in [0, 0.05) is 43.9 Å². The number of alkyl halides is 1. The number of H-pyrrole nitrogens is 1. The van der Waals surface area contributed by atoms with Crippen molar-refractivity contribution >= 4 is 27.7 Å². The normalized spacial score (nSPS) is 18.2. The monoisotopic (exact) mass is 470 g/mol. The summed E-state index contributed by atoms with van der Waals surface area (Å²) in [6.45, 7) is 4.77. The molecule has 2 saturated heterocycles. The molecule has 1 N–H and O–H groups in total. The number of aromatic amines is 1. The molecule has 0 unspecified atom stereocenters. The maximum Gasteiger partial charge on any atom is 0.259 e. The van der Waals surface area contributed by atoms with E-state index in [1.807, 2.05) is 28.6 Å². The fourth-order valence-electron chi connectivity index (χ4n) is 5.21. The van der Waals surface area contributed by atoms with E-state index < -0.39 is 6.67 Å². The lowest BCUT2D eigenvalue weighted by molar-refractivity contribution is 0.0492. The molecule has 3 aromatic rings. The van der Waals surface area contributed by atoms with Gasteiger partial charge in [0.15, 0.2) is 0 Å². The molecule has 0 atom stereocenters. The number of ether oxygens (including phenoxy) is 2. The number of pyridine rings is 1. The summed E-state index contributed by atoms with van der Waals surface area (Å²) in [5, 5.41) is 5.94. The Morgan fingerprint density at radius 3 is 2.71 bits per heavy atom. The standard InChI is InChI=1S/C25H31FN4O4/c1-16-12-22-20(13-19(16)25(32)29-7-2-17(3-8-29)15-34-11-6-26)23-21(24(31)28-22)14-27-30(23)18-4-9-33-10-5-18/h12-14,17-18H,2-11,15H2,1H3,(H,28,31). The molecule has 0 bridgehead atoms. The number of piperidine rings is 1. The molecule has 182 valence electrons. The van der Waals surface area contributed by atoms with E-state index in [0.717, 1.165) is 42.1 Å². The molecule has 2 aliphatic rings. The van der Waals surface area contributed by atoms with Gasteiger partial charge in [-0.3, -0.25) is 14.3 Å². The Labute approximate surface area is 197 Å². The van der Waals surface area contributed by atoms with Crippen LogP contribution < -0.4 is 5.56 Å². The van der Waals surface area contributed by atoms with Gasteiger partial charge in [-0.25, -0.2) is 4.39 Å². The van der Waals surface area contributed by atoms with Crippen molar-refractivity contribution in [1.29, 1.82) is 0 Å². The van der Waals surface area contributed by atoms with Crippen LogP contribution in [0.15, 0.2) is 23.1 Å². The Morgan fingerprint density at radius 1 is 1.21 bits per heavy atom. The van der Waals surface area contributed by atoms with Crippen molar-refractivity contribution in [3.8, 4) is 0 Å². The first-order valence-electron chi connectivity index (χ1n) is 12.1. The average molecular weight is 471 g/mol. The summed E-state index contributed by atoms with van der Waals surface area (Å²) in [6.07, 6.45) is 5.00. The smallest absolute Gasteiger partial charge is 0.259 e. The van der Waals surface area contributed by atoms with Crippen LogP contribution in [0.25, 0.3) is 21.8 Å². The van der Waals surface area contributed by atoms with Crippen LogP contribution in [0.4, 0.5) is 4.39 Å². The highest BCUT2D eigenvalue weighted by atomic mass is 19.1. The predicted octanol–water partition coefficient (Wildman–Crippen LogP) is 3.38. The molecule has 0 spiro atoms. The van der Waals surface area contributed by atoms with E-state index in [2.05, 4.69) is 10.1 Å². The van der Waals surface area contributed by atoms with Gasteiger partial charge in [0.2, 0.25) is 0 Å². The SMILES string of the molecule is Cc1cc2[nH]c(=O)c3cnn(C4CCOCC4)c3c2cc1C(=O)N1CCC(COCCF)CC1. The number of aryl methyl sites for hydroxylation is 1. The molecule has 34 heavy (non-hydrogen) atoms. The number of fused-ring (bicyclic) bond motifs is 3. The second-order valence-electron chi connectivity index (χ2n) is 9.36. The van der Waals surface area contributed by atoms with Crippen LogP contribution in [-0.4, -0.2) is 71.8 Å². The topological polar surface area (TPSA) is 89.4 Å². The average Bonchev–Trinajstić information content (AvgIpc) is 3.31. The number of nitrogens with zero attached hydrogens (tertiary/aromatic N) is 3. The van der Waals surface area contributed by atoms with E-state index in [0.29, 0.717) is 55.3 Å². The second kappa shape index (κ2) is 9.84. The molecular formula is C25H31FN4O4. The van der Waals surface area contributed by atoms with Crippen molar-refractivity contribution < 1.29 is 18.7 Å². The van der Waals surface area contributed by atoms with Crippen molar-refractivity contribution in [1.82, 2.24) is 19.7 Å². The maximum absolute atomic E-state index is 13.5. The highest BCUT2D eigenvalue weighted by Gasteiger charge is 2.26. The number of nitrogens with one attached hydrogen (secondary N) is 1. The van der Waals surface area contributed by atoms with Gasteiger partial charge in [-0.15, -0.1) is 0 Å². The largest absolute Gasteiger partial charge is 0.381 e. The lowest BCUT2D eigenvalue weighted by atomic mass is 9.96. The summed E-state index contributed by atoms with van der Waals surface area (Å²) >= 11 is 0. The Bertz CT molecular complexity index is 1240. The molecule has 1 aromatic carbocycles. The Balaban J connectivity index is 1.46. The van der Waals surface area contributed by atoms with Gasteiger partial charge in [0.05, 0.1) is 35.3 Å². The summed E-state index contributed by atoms with van der Waals surface area (Å²) < 4.78 is 25.1. The minimum absolute atomic E-state index is 0.000918. The van der Waals surface area contributed by atoms with Gasteiger partial charge in [0.25, 0.3) is 11.5 Å². The first-order chi connectivity index (χ1) is 16.6. The van der Waals surface area contributed by atoms with Crippen LogP contribution in [0.5, 0.6) is 0 Å². The zero-order valence-corrected chi connectivity index (χ0v) is 19.5. The fourth-order valence-corrected chi connectivity index (χ4v) is 5.21. The van der Waals surface area contributed by atoms with Crippen LogP contribution in [0.2, 0.25) is 0 Å². The molecule has 0 aliphatic carbocycles. The van der Waals surface area contributed by atoms with Gasteiger partial charge in [-0.05, 0) is 56.2 Å². The quantitative estimate of drug-likeness (QED) is 0.558. The van der Waals surface area contributed by atoms with Gasteiger partial charge >= 0.3 is 0 Å². The highest BCUT2D eigenvalue weighted by molar-refractivity contribution is 6.07. The van der Waals surface area contributed by atoms with E-state index in [-0.39, 0.29) is 24.1 Å². The Hall–Kier alpha value is -2.78. The lowest BCUT2D eigenvalue weighted by Gasteiger charge is -2.32. The number of carbonyl (C=O) groups excluding carboxylic acids is 1. The summed E-state index contributed by atoms with van der Waals surface area (Å²) in [4.78, 5) is 31.1. The number of aromatic nitrogens is 3. The first kappa shape index (κ1) is 23.0. The summed E-state index contributed by atoms with van der Waals surface area (Å²) in [5.41, 5.74) is 2.80. The highest BCUT2D eigenvalue weighted by Crippen LogP contribution is 2.30. The molecule has 2 aromatic heterocycles. The van der Waals surface area contributed by atoms with E-state index >= 15 is 0 Å². The third-order valence-electron chi connectivity index (χ3n) is 7.15. The molecule has 0 saturated carbocycles. The number of likely N-dealkylation sites (tertiary alicyclic amines) is 1. The number of halogens is 1. The molecular weight excluding hydrogens is 439 g/mol. The minimum atomic E-state index is -0.468. The van der Waals surface area contributed by atoms with E-state index in [9.17, 15) is 14.0 Å². The van der Waals surface area contributed by atoms with Crippen LogP contribution in [0.3, 0.4) is 0 Å². The summed E-state index contributed by atoms with van der Waals surface area (Å²) in [6, 6.07) is 3.97. The van der Waals surface area contributed by atoms with Crippen LogP contribution in [-0.2, 0) is 9.47 Å². The second-order valence-corrected chi connectivity index (χ2v) is 9.36. The predicted molar refractivity (Wildman–Crippen MR) is 127 cm³/mol. The molecule has 5 rings (SSSR count). The summed E-state index contributed by atoms with van der Waals surface area (Å²) in [5.74, 6) is 0.353. The minimum Gasteiger partial charge on any atom is -0.381 e. The number of carbonyl (C=O) groups is 1. The molecule has 4 heterocycles. The Kier molecular flexibility index (Phi) is 6.65. The van der Waals surface area contributed by atoms with E-state index in [1.54, 1.807) is 6.20 Å². The maximum atomic E-state index is 13.5. The molecule has 2 aliphatic heterocycles. The molecule has 9 heteroatoms. The zero-order chi connectivity index (χ0) is 23.7. The first-order valence-corrected chi connectivity index (χ1v) is 12.1. The number of benzene rings is 1. The molecule has 2 fully saturated rings. The van der Waals surface area contributed by atoms with Crippen molar-refractivity contribution in [2.75, 3.05) is 46.2 Å². The van der Waals surface area contributed by atoms with Crippen molar-refractivity contribution in [3.05, 3.63) is 39.8 Å². The van der Waals surface area contributed by atoms with Crippen LogP contribution in [0, 0.1) is 12.8 Å². The van der Waals surface area contributed by atoms with Gasteiger partial charge in [0.1, 0.15) is 6.67 Å². The third-order valence-corrected chi connectivity index (χ3v) is 7.15. The number of amides is 1. The number of rotatable bonds is 6. The molecule has 1 amide bonds. The van der Waals surface area contributed by atoms with E-state index in [4.69, 9.17) is 9.47 Å². The fraction of sp³-hybridized carbons (Fsp3) is 0.560. The lowest BCUT2D eigenvalue weighted by Crippen LogP contribution is -2.39. The van der Waals surface area contributed by atoms with Crippen molar-refractivity contribution in [2.24, 2.45) is 5.92 Å². The van der Waals surface area contributed by atoms with E-state index in [1.165, 1.54) is 0 Å².